The standard InChI is InChI=1S/C9H7F2IN2O4/c1-18-7(15)2-4-6(14(16)17)3-5(8(10)11)13-9(4)12/h3,8H,2H2,1H3. The Kier molecular flexibility index (Phi) is 4.87. The van der Waals surface area contributed by atoms with E-state index in [0.29, 0.717) is 6.07 Å². The van der Waals surface area contributed by atoms with E-state index in [0.717, 1.165) is 7.11 Å². The number of ether oxygens (including phenoxy) is 1. The van der Waals surface area contributed by atoms with Crippen molar-refractivity contribution in [2.24, 2.45) is 0 Å². The second kappa shape index (κ2) is 5.98. The largest absolute Gasteiger partial charge is 0.469 e. The summed E-state index contributed by atoms with van der Waals surface area (Å²) in [4.78, 5) is 24.6. The minimum atomic E-state index is -2.91. The van der Waals surface area contributed by atoms with Crippen LogP contribution in [0, 0.1) is 13.8 Å². The number of alkyl halides is 2. The average Bonchev–Trinajstić information content (AvgIpc) is 2.30. The number of hydrogen-bond acceptors (Lipinski definition) is 5. The molecule has 1 heterocycles. The number of carbonyl (C=O) groups is 1. The molecular formula is C9H7F2IN2O4. The first kappa shape index (κ1) is 14.7. The highest BCUT2D eigenvalue weighted by Gasteiger charge is 2.25. The van der Waals surface area contributed by atoms with Gasteiger partial charge in [-0.3, -0.25) is 14.9 Å². The summed E-state index contributed by atoms with van der Waals surface area (Å²) in [7, 11) is 1.13. The summed E-state index contributed by atoms with van der Waals surface area (Å²) in [5, 5.41) is 10.8. The second-order valence-electron chi connectivity index (χ2n) is 3.15. The van der Waals surface area contributed by atoms with E-state index in [1.165, 1.54) is 0 Å². The van der Waals surface area contributed by atoms with Crippen LogP contribution in [0.4, 0.5) is 14.5 Å². The number of nitrogens with zero attached hydrogens (tertiary/aromatic N) is 2. The lowest BCUT2D eigenvalue weighted by molar-refractivity contribution is -0.385. The van der Waals surface area contributed by atoms with Crippen LogP contribution in [0.3, 0.4) is 0 Å². The van der Waals surface area contributed by atoms with Gasteiger partial charge in [-0.25, -0.2) is 13.8 Å². The van der Waals surface area contributed by atoms with Crippen molar-refractivity contribution in [2.75, 3.05) is 7.11 Å². The molecule has 0 saturated heterocycles. The van der Waals surface area contributed by atoms with Crippen LogP contribution in [0.25, 0.3) is 0 Å². The molecule has 0 spiro atoms. The van der Waals surface area contributed by atoms with Crippen LogP contribution in [-0.4, -0.2) is 23.0 Å². The van der Waals surface area contributed by atoms with Gasteiger partial charge in [0, 0.05) is 6.07 Å². The highest BCUT2D eigenvalue weighted by atomic mass is 127. The van der Waals surface area contributed by atoms with Crippen molar-refractivity contribution >= 4 is 34.2 Å². The molecule has 9 heteroatoms. The molecule has 1 aromatic heterocycles. The predicted octanol–water partition coefficient (Wildman–Crippen LogP) is 2.25. The van der Waals surface area contributed by atoms with Gasteiger partial charge in [0.15, 0.2) is 0 Å². The molecule has 1 rings (SSSR count). The first-order valence-corrected chi connectivity index (χ1v) is 5.63. The van der Waals surface area contributed by atoms with Gasteiger partial charge >= 0.3 is 5.97 Å². The van der Waals surface area contributed by atoms with Gasteiger partial charge in [0.2, 0.25) is 0 Å². The summed E-state index contributed by atoms with van der Waals surface area (Å²) in [6.45, 7) is 0. The Morgan fingerprint density at radius 2 is 2.28 bits per heavy atom. The molecule has 0 amide bonds. The molecule has 0 aliphatic carbocycles. The Labute approximate surface area is 114 Å². The maximum Gasteiger partial charge on any atom is 0.310 e. The van der Waals surface area contributed by atoms with Crippen LogP contribution < -0.4 is 0 Å². The first-order valence-electron chi connectivity index (χ1n) is 4.55. The van der Waals surface area contributed by atoms with E-state index in [1.807, 2.05) is 0 Å². The number of carbonyl (C=O) groups excluding carboxylic acids is 1. The lowest BCUT2D eigenvalue weighted by Crippen LogP contribution is -2.11. The van der Waals surface area contributed by atoms with Crippen molar-refractivity contribution in [1.29, 1.82) is 0 Å². The Hall–Kier alpha value is -1.39. The minimum Gasteiger partial charge on any atom is -0.469 e. The maximum atomic E-state index is 12.5. The topological polar surface area (TPSA) is 82.3 Å². The molecule has 18 heavy (non-hydrogen) atoms. The van der Waals surface area contributed by atoms with Gasteiger partial charge < -0.3 is 4.74 Å². The summed E-state index contributed by atoms with van der Waals surface area (Å²) < 4.78 is 29.3. The number of aromatic nitrogens is 1. The number of rotatable bonds is 4. The quantitative estimate of drug-likeness (QED) is 0.266. The van der Waals surface area contributed by atoms with E-state index in [2.05, 4.69) is 9.72 Å². The Balaban J connectivity index is 3.31. The van der Waals surface area contributed by atoms with E-state index in [9.17, 15) is 23.7 Å². The summed E-state index contributed by atoms with van der Waals surface area (Å²) in [6.07, 6.45) is -3.30. The van der Waals surface area contributed by atoms with Crippen molar-refractivity contribution in [3.63, 3.8) is 0 Å². The molecule has 98 valence electrons. The van der Waals surface area contributed by atoms with Gasteiger partial charge in [0.05, 0.1) is 24.0 Å². The predicted molar refractivity (Wildman–Crippen MR) is 64.3 cm³/mol. The molecule has 0 unspecified atom stereocenters. The third kappa shape index (κ3) is 3.31. The first-order chi connectivity index (χ1) is 8.36. The average molecular weight is 372 g/mol. The third-order valence-electron chi connectivity index (χ3n) is 2.04. The zero-order valence-corrected chi connectivity index (χ0v) is 11.2. The van der Waals surface area contributed by atoms with E-state index >= 15 is 0 Å². The molecule has 0 aliphatic rings. The fourth-order valence-corrected chi connectivity index (χ4v) is 1.95. The van der Waals surface area contributed by atoms with Gasteiger partial charge in [0.25, 0.3) is 12.1 Å². The molecular weight excluding hydrogens is 365 g/mol. The molecule has 0 fully saturated rings. The minimum absolute atomic E-state index is 0.0116. The fourth-order valence-electron chi connectivity index (χ4n) is 1.20. The van der Waals surface area contributed by atoms with Gasteiger partial charge in [-0.15, -0.1) is 0 Å². The molecule has 0 N–H and O–H groups in total. The number of halogens is 3. The van der Waals surface area contributed by atoms with E-state index in [4.69, 9.17) is 0 Å². The van der Waals surface area contributed by atoms with Crippen molar-refractivity contribution in [3.05, 3.63) is 31.1 Å². The lowest BCUT2D eigenvalue weighted by atomic mass is 10.1. The molecule has 0 aromatic carbocycles. The summed E-state index contributed by atoms with van der Waals surface area (Å²) >= 11 is 1.57. The van der Waals surface area contributed by atoms with Crippen molar-refractivity contribution in [2.45, 2.75) is 12.8 Å². The Morgan fingerprint density at radius 1 is 1.67 bits per heavy atom. The number of pyridine rings is 1. The summed E-state index contributed by atoms with van der Waals surface area (Å²) in [6, 6.07) is 0.672. The summed E-state index contributed by atoms with van der Waals surface area (Å²) in [5.74, 6) is -0.706. The fraction of sp³-hybridized carbons (Fsp3) is 0.333. The van der Waals surface area contributed by atoms with Crippen LogP contribution in [-0.2, 0) is 16.0 Å². The third-order valence-corrected chi connectivity index (χ3v) is 2.93. The van der Waals surface area contributed by atoms with E-state index < -0.39 is 28.7 Å². The molecule has 0 radical (unpaired) electrons. The zero-order valence-electron chi connectivity index (χ0n) is 9.02. The zero-order chi connectivity index (χ0) is 13.9. The van der Waals surface area contributed by atoms with Crippen LogP contribution in [0.5, 0.6) is 0 Å². The second-order valence-corrected chi connectivity index (χ2v) is 4.17. The number of methoxy groups -OCH3 is 1. The van der Waals surface area contributed by atoms with E-state index in [-0.39, 0.29) is 15.7 Å². The number of esters is 1. The van der Waals surface area contributed by atoms with Gasteiger partial charge in [-0.1, -0.05) is 0 Å². The molecule has 0 bridgehead atoms. The van der Waals surface area contributed by atoms with Crippen LogP contribution in [0.2, 0.25) is 0 Å². The van der Waals surface area contributed by atoms with Gasteiger partial charge in [-0.05, 0) is 22.6 Å². The lowest BCUT2D eigenvalue weighted by Gasteiger charge is -2.06. The highest BCUT2D eigenvalue weighted by Crippen LogP contribution is 2.28. The molecule has 6 nitrogen and oxygen atoms in total. The Bertz CT molecular complexity index is 496. The maximum absolute atomic E-state index is 12.5. The molecule has 0 aliphatic heterocycles. The van der Waals surface area contributed by atoms with Gasteiger partial charge in [0.1, 0.15) is 9.39 Å². The molecule has 0 saturated carbocycles. The van der Waals surface area contributed by atoms with Crippen molar-refractivity contribution in [3.8, 4) is 0 Å². The summed E-state index contributed by atoms with van der Waals surface area (Å²) in [5.41, 5.74) is -1.29. The highest BCUT2D eigenvalue weighted by molar-refractivity contribution is 14.1. The number of nitro groups is 1. The van der Waals surface area contributed by atoms with Gasteiger partial charge in [-0.2, -0.15) is 0 Å². The normalized spacial score (nSPS) is 10.5. The number of hydrogen-bond donors (Lipinski definition) is 0. The molecule has 1 aromatic rings. The van der Waals surface area contributed by atoms with Crippen LogP contribution >= 0.6 is 22.6 Å². The van der Waals surface area contributed by atoms with Crippen LogP contribution in [0.1, 0.15) is 17.7 Å². The Morgan fingerprint density at radius 3 is 2.72 bits per heavy atom. The van der Waals surface area contributed by atoms with Crippen molar-refractivity contribution in [1.82, 2.24) is 4.98 Å². The molecule has 0 atom stereocenters. The SMILES string of the molecule is COC(=O)Cc1c([N+](=O)[O-])cc(C(F)F)nc1I. The van der Waals surface area contributed by atoms with Crippen LogP contribution in [0.15, 0.2) is 6.07 Å². The smallest absolute Gasteiger partial charge is 0.310 e. The van der Waals surface area contributed by atoms with Crippen molar-refractivity contribution < 1.29 is 23.2 Å². The van der Waals surface area contributed by atoms with E-state index in [1.54, 1.807) is 22.6 Å². The monoisotopic (exact) mass is 372 g/mol.